The van der Waals surface area contributed by atoms with E-state index >= 15 is 0 Å². The van der Waals surface area contributed by atoms with Gasteiger partial charge in [0.2, 0.25) is 0 Å². The molecule has 0 saturated heterocycles. The number of ether oxygens (including phenoxy) is 1. The van der Waals surface area contributed by atoms with Crippen LogP contribution in [0.4, 0.5) is 11.5 Å². The smallest absolute Gasteiger partial charge is 0.196 e. The number of aryl methyl sites for hydroxylation is 1. The second-order valence-electron chi connectivity index (χ2n) is 13.2. The van der Waals surface area contributed by atoms with Gasteiger partial charge < -0.3 is 15.2 Å². The molecule has 0 bridgehead atoms. The molecule has 0 unspecified atom stereocenters. The van der Waals surface area contributed by atoms with E-state index in [-0.39, 0.29) is 16.9 Å². The quantitative estimate of drug-likeness (QED) is 0.196. The average molecular weight is 629 g/mol. The van der Waals surface area contributed by atoms with Crippen molar-refractivity contribution in [3.63, 3.8) is 0 Å². The van der Waals surface area contributed by atoms with Gasteiger partial charge in [-0.25, -0.2) is 15.0 Å². The largest absolute Gasteiger partial charge is 0.507 e. The molecule has 2 heterocycles. The Morgan fingerprint density at radius 2 is 1.44 bits per heavy atom. The number of rotatable bonds is 5. The van der Waals surface area contributed by atoms with Crippen LogP contribution in [-0.4, -0.2) is 25.8 Å². The maximum atomic E-state index is 14.3. The highest BCUT2D eigenvalue weighted by Gasteiger charge is 2.32. The highest BCUT2D eigenvalue weighted by molar-refractivity contribution is 6.28. The van der Waals surface area contributed by atoms with Crippen LogP contribution >= 0.6 is 0 Å². The molecule has 7 aromatic rings. The van der Waals surface area contributed by atoms with Crippen molar-refractivity contribution in [2.24, 2.45) is 0 Å². The first-order chi connectivity index (χ1) is 23.1. The number of nitrogens with one attached hydrogen (secondary N) is 1. The molecule has 0 saturated carbocycles. The second-order valence-corrected chi connectivity index (χ2v) is 13.2. The first kappa shape index (κ1) is 29.3. The maximum Gasteiger partial charge on any atom is 0.196 e. The molecule has 0 fully saturated rings. The van der Waals surface area contributed by atoms with Crippen molar-refractivity contribution in [2.45, 2.75) is 33.1 Å². The predicted molar refractivity (Wildman–Crippen MR) is 190 cm³/mol. The van der Waals surface area contributed by atoms with E-state index in [0.717, 1.165) is 16.5 Å². The molecule has 234 valence electrons. The SMILES string of the molecule is Cc1cccc(Nc2cc(Oc3ccc(C(C)(C)C)cc3)c3nc(-c4cc5ccccc5cc4O)nc4c3c2C(=O)c2ccccc2-4)n1. The van der Waals surface area contributed by atoms with E-state index in [1.54, 1.807) is 6.07 Å². The summed E-state index contributed by atoms with van der Waals surface area (Å²) in [7, 11) is 0. The summed E-state index contributed by atoms with van der Waals surface area (Å²) in [6.45, 7) is 8.42. The molecular weight excluding hydrogens is 596 g/mol. The highest BCUT2D eigenvalue weighted by atomic mass is 16.5. The molecule has 0 atom stereocenters. The van der Waals surface area contributed by atoms with Gasteiger partial charge in [0.1, 0.15) is 22.8 Å². The maximum absolute atomic E-state index is 14.3. The van der Waals surface area contributed by atoms with Gasteiger partial charge in [-0.1, -0.05) is 87.5 Å². The van der Waals surface area contributed by atoms with Gasteiger partial charge in [0, 0.05) is 28.3 Å². The summed E-state index contributed by atoms with van der Waals surface area (Å²) in [6.07, 6.45) is 0. The molecule has 1 aliphatic carbocycles. The fourth-order valence-corrected chi connectivity index (χ4v) is 6.34. The van der Waals surface area contributed by atoms with Gasteiger partial charge in [-0.05, 0) is 65.1 Å². The number of carbonyl (C=O) groups excluding carboxylic acids is 1. The molecule has 0 aliphatic heterocycles. The Labute approximate surface area is 277 Å². The lowest BCUT2D eigenvalue weighted by Crippen LogP contribution is -2.15. The number of aromatic hydroxyl groups is 1. The minimum Gasteiger partial charge on any atom is -0.507 e. The summed E-state index contributed by atoms with van der Waals surface area (Å²) in [6, 6.07) is 34.4. The van der Waals surface area contributed by atoms with Crippen molar-refractivity contribution >= 4 is 39.0 Å². The van der Waals surface area contributed by atoms with E-state index in [0.29, 0.717) is 67.7 Å². The third-order valence-electron chi connectivity index (χ3n) is 8.80. The third kappa shape index (κ3) is 5.00. The van der Waals surface area contributed by atoms with Crippen LogP contribution in [0.15, 0.2) is 109 Å². The summed E-state index contributed by atoms with van der Waals surface area (Å²) >= 11 is 0. The van der Waals surface area contributed by atoms with Crippen LogP contribution in [0.3, 0.4) is 0 Å². The van der Waals surface area contributed by atoms with Crippen LogP contribution in [0.5, 0.6) is 17.2 Å². The summed E-state index contributed by atoms with van der Waals surface area (Å²) in [4.78, 5) is 29.1. The zero-order valence-electron chi connectivity index (χ0n) is 27.0. The number of phenolic OH excluding ortho intramolecular Hbond substituents is 1. The molecule has 2 aromatic heterocycles. The third-order valence-corrected chi connectivity index (χ3v) is 8.80. The molecular formula is C41H32N4O3. The van der Waals surface area contributed by atoms with Crippen LogP contribution in [0.1, 0.15) is 48.0 Å². The van der Waals surface area contributed by atoms with Crippen LogP contribution in [-0.2, 0) is 5.41 Å². The molecule has 7 nitrogen and oxygen atoms in total. The van der Waals surface area contributed by atoms with Crippen LogP contribution in [0, 0.1) is 6.92 Å². The number of benzene rings is 5. The first-order valence-electron chi connectivity index (χ1n) is 15.9. The second kappa shape index (κ2) is 11.0. The van der Waals surface area contributed by atoms with E-state index in [1.165, 1.54) is 5.56 Å². The molecule has 48 heavy (non-hydrogen) atoms. The molecule has 7 heteroatoms. The van der Waals surface area contributed by atoms with Gasteiger partial charge in [-0.15, -0.1) is 0 Å². The standard InChI is InChI=1S/C41H32N4O3/c1-23-10-9-15-34(42-23)43-31-22-33(48-27-18-16-26(17-19-27)41(2,3)4)38-36-35(31)39(47)29-14-8-7-13-28(29)37(36)44-40(45-38)30-20-24-11-5-6-12-25(24)21-32(30)46/h5-22,46H,1-4H3,(H,42,43). The Morgan fingerprint density at radius 3 is 2.17 bits per heavy atom. The Morgan fingerprint density at radius 1 is 0.729 bits per heavy atom. The number of carbonyl (C=O) groups is 1. The van der Waals surface area contributed by atoms with E-state index in [9.17, 15) is 9.90 Å². The van der Waals surface area contributed by atoms with E-state index in [4.69, 9.17) is 14.7 Å². The van der Waals surface area contributed by atoms with E-state index in [1.807, 2.05) is 97.9 Å². The van der Waals surface area contributed by atoms with Gasteiger partial charge in [0.05, 0.1) is 22.5 Å². The molecule has 2 N–H and O–H groups in total. The van der Waals surface area contributed by atoms with Gasteiger partial charge >= 0.3 is 0 Å². The van der Waals surface area contributed by atoms with Crippen LogP contribution < -0.4 is 10.1 Å². The Balaban J connectivity index is 1.42. The number of nitrogens with zero attached hydrogens (tertiary/aromatic N) is 3. The molecule has 0 radical (unpaired) electrons. The normalized spacial score (nSPS) is 12.3. The zero-order chi connectivity index (χ0) is 33.2. The van der Waals surface area contributed by atoms with E-state index in [2.05, 4.69) is 43.2 Å². The minimum atomic E-state index is -0.149. The number of fused-ring (bicyclic) bond motifs is 3. The lowest BCUT2D eigenvalue weighted by molar-refractivity contribution is 0.104. The number of phenols is 1. The number of ketones is 1. The fourth-order valence-electron chi connectivity index (χ4n) is 6.34. The first-order valence-corrected chi connectivity index (χ1v) is 15.9. The summed E-state index contributed by atoms with van der Waals surface area (Å²) in [5, 5.41) is 17.1. The predicted octanol–water partition coefficient (Wildman–Crippen LogP) is 9.90. The van der Waals surface area contributed by atoms with E-state index < -0.39 is 0 Å². The lowest BCUT2D eigenvalue weighted by Gasteiger charge is -2.24. The van der Waals surface area contributed by atoms with Crippen molar-refractivity contribution in [1.82, 2.24) is 15.0 Å². The van der Waals surface area contributed by atoms with Crippen molar-refractivity contribution in [3.05, 3.63) is 132 Å². The van der Waals surface area contributed by atoms with Crippen LogP contribution in [0.25, 0.3) is 44.3 Å². The molecule has 0 spiro atoms. The highest BCUT2D eigenvalue weighted by Crippen LogP contribution is 2.47. The summed E-state index contributed by atoms with van der Waals surface area (Å²) in [5.41, 5.74) is 5.72. The number of pyridine rings is 1. The molecule has 0 amide bonds. The summed E-state index contributed by atoms with van der Waals surface area (Å²) in [5.74, 6) is 1.89. The number of aromatic nitrogens is 3. The van der Waals surface area contributed by atoms with Crippen molar-refractivity contribution in [1.29, 1.82) is 0 Å². The number of hydrogen-bond donors (Lipinski definition) is 2. The Kier molecular flexibility index (Phi) is 6.73. The lowest BCUT2D eigenvalue weighted by atomic mass is 9.85. The van der Waals surface area contributed by atoms with Crippen LogP contribution in [0.2, 0.25) is 0 Å². The molecule has 8 rings (SSSR count). The topological polar surface area (TPSA) is 97.2 Å². The summed E-state index contributed by atoms with van der Waals surface area (Å²) < 4.78 is 6.63. The van der Waals surface area contributed by atoms with Crippen molar-refractivity contribution in [2.75, 3.05) is 5.32 Å². The van der Waals surface area contributed by atoms with Gasteiger partial charge in [-0.3, -0.25) is 4.79 Å². The Bertz CT molecular complexity index is 2430. The number of hydrogen-bond acceptors (Lipinski definition) is 7. The number of anilines is 2. The van der Waals surface area contributed by atoms with Crippen molar-refractivity contribution in [3.8, 4) is 39.9 Å². The molecule has 5 aromatic carbocycles. The molecule has 1 aliphatic rings. The van der Waals surface area contributed by atoms with Gasteiger partial charge in [0.25, 0.3) is 0 Å². The zero-order valence-corrected chi connectivity index (χ0v) is 27.0. The fraction of sp³-hybridized carbons (Fsp3) is 0.122. The average Bonchev–Trinajstić information content (AvgIpc) is 3.07. The van der Waals surface area contributed by atoms with Gasteiger partial charge in [-0.2, -0.15) is 0 Å². The Hall–Kier alpha value is -6.08. The van der Waals surface area contributed by atoms with Crippen molar-refractivity contribution < 1.29 is 14.6 Å². The van der Waals surface area contributed by atoms with Gasteiger partial charge in [0.15, 0.2) is 17.4 Å². The minimum absolute atomic E-state index is 0.0194. The monoisotopic (exact) mass is 628 g/mol.